The summed E-state index contributed by atoms with van der Waals surface area (Å²) in [7, 11) is 0. The first-order valence-corrected chi connectivity index (χ1v) is 6.05. The van der Waals surface area contributed by atoms with Gasteiger partial charge in [-0.1, -0.05) is 30.3 Å². The van der Waals surface area contributed by atoms with Crippen LogP contribution in [-0.4, -0.2) is 9.89 Å². The largest absolute Gasteiger partial charge is 0.398 e. The van der Waals surface area contributed by atoms with Crippen LogP contribution < -0.4 is 16.9 Å². The number of anilines is 2. The third-order valence-corrected chi connectivity index (χ3v) is 3.07. The molecule has 0 fully saturated rings. The van der Waals surface area contributed by atoms with Gasteiger partial charge < -0.3 is 16.9 Å². The first-order chi connectivity index (χ1) is 9.25. The number of fused-ring (bicyclic) bond motifs is 1. The summed E-state index contributed by atoms with van der Waals surface area (Å²) in [6.07, 6.45) is 1.72. The van der Waals surface area contributed by atoms with Crippen molar-refractivity contribution < 1.29 is 0 Å². The molecule has 0 saturated carbocycles. The minimum absolute atomic E-state index is 0.655. The second kappa shape index (κ2) is 4.53. The molecule has 0 aliphatic carbocycles. The molecule has 0 amide bonds. The minimum Gasteiger partial charge on any atom is -0.398 e. The van der Waals surface area contributed by atoms with E-state index >= 15 is 0 Å². The normalized spacial score (nSPS) is 10.7. The summed E-state index contributed by atoms with van der Waals surface area (Å²) in [6.45, 7) is 0.672. The lowest BCUT2D eigenvalue weighted by Crippen LogP contribution is -2.16. The van der Waals surface area contributed by atoms with E-state index in [1.54, 1.807) is 23.1 Å². The van der Waals surface area contributed by atoms with Crippen LogP contribution in [0.1, 0.15) is 5.56 Å². The number of aromatic nitrogens is 2. The Bertz CT molecular complexity index is 702. The quantitative estimate of drug-likeness (QED) is 0.623. The van der Waals surface area contributed by atoms with Crippen molar-refractivity contribution in [3.8, 4) is 0 Å². The summed E-state index contributed by atoms with van der Waals surface area (Å²) < 4.78 is 0. The van der Waals surface area contributed by atoms with Crippen LogP contribution in [-0.2, 0) is 6.54 Å². The third kappa shape index (κ3) is 2.06. The predicted octanol–water partition coefficient (Wildman–Crippen LogP) is 1.94. The van der Waals surface area contributed by atoms with Crippen LogP contribution in [0.2, 0.25) is 0 Å². The van der Waals surface area contributed by atoms with Crippen molar-refractivity contribution in [2.75, 3.05) is 16.9 Å². The average Bonchev–Trinajstić information content (AvgIpc) is 2.87. The summed E-state index contributed by atoms with van der Waals surface area (Å²) in [5.41, 5.74) is 18.4. The van der Waals surface area contributed by atoms with Crippen LogP contribution in [0.3, 0.4) is 0 Å². The molecule has 3 aromatic rings. The lowest BCUT2D eigenvalue weighted by Gasteiger charge is -2.09. The molecule has 0 aliphatic heterocycles. The van der Waals surface area contributed by atoms with E-state index in [-0.39, 0.29) is 0 Å². The Hall–Kier alpha value is -2.69. The van der Waals surface area contributed by atoms with Gasteiger partial charge in [0, 0.05) is 11.1 Å². The number of hydrogen-bond acceptors (Lipinski definition) is 4. The highest BCUT2D eigenvalue weighted by Gasteiger charge is 2.08. The average molecular weight is 253 g/mol. The minimum atomic E-state index is 0.655. The zero-order valence-electron chi connectivity index (χ0n) is 10.4. The van der Waals surface area contributed by atoms with Crippen molar-refractivity contribution in [3.63, 3.8) is 0 Å². The van der Waals surface area contributed by atoms with Gasteiger partial charge >= 0.3 is 0 Å². The molecule has 1 aromatic heterocycles. The van der Waals surface area contributed by atoms with Gasteiger partial charge in [0.15, 0.2) is 0 Å². The van der Waals surface area contributed by atoms with Gasteiger partial charge in [-0.2, -0.15) is 9.89 Å². The molecule has 5 heteroatoms. The van der Waals surface area contributed by atoms with E-state index < -0.39 is 0 Å². The monoisotopic (exact) mass is 253 g/mol. The van der Waals surface area contributed by atoms with Crippen molar-refractivity contribution in [1.29, 1.82) is 0 Å². The van der Waals surface area contributed by atoms with E-state index in [4.69, 9.17) is 11.5 Å². The van der Waals surface area contributed by atoms with Crippen LogP contribution in [0.25, 0.3) is 10.9 Å². The fourth-order valence-electron chi connectivity index (χ4n) is 2.07. The van der Waals surface area contributed by atoms with E-state index in [2.05, 4.69) is 22.7 Å². The van der Waals surface area contributed by atoms with Crippen LogP contribution in [0.5, 0.6) is 0 Å². The molecule has 5 N–H and O–H groups in total. The first-order valence-electron chi connectivity index (χ1n) is 6.05. The van der Waals surface area contributed by atoms with Crippen molar-refractivity contribution in [2.24, 2.45) is 0 Å². The Morgan fingerprint density at radius 3 is 2.53 bits per heavy atom. The zero-order valence-corrected chi connectivity index (χ0v) is 10.4. The van der Waals surface area contributed by atoms with Crippen LogP contribution in [0, 0.1) is 0 Å². The van der Waals surface area contributed by atoms with Gasteiger partial charge in [0.2, 0.25) is 0 Å². The molecule has 0 unspecified atom stereocenters. The third-order valence-electron chi connectivity index (χ3n) is 3.07. The zero-order chi connectivity index (χ0) is 13.2. The van der Waals surface area contributed by atoms with E-state index in [1.165, 1.54) is 5.56 Å². The topological polar surface area (TPSA) is 81.9 Å². The molecule has 1 heterocycles. The van der Waals surface area contributed by atoms with Crippen LogP contribution in [0.4, 0.5) is 11.4 Å². The van der Waals surface area contributed by atoms with Gasteiger partial charge in [-0.3, -0.25) is 0 Å². The smallest absolute Gasteiger partial charge is 0.117 e. The van der Waals surface area contributed by atoms with E-state index in [9.17, 15) is 0 Å². The van der Waals surface area contributed by atoms with Crippen molar-refractivity contribution in [2.45, 2.75) is 6.54 Å². The summed E-state index contributed by atoms with van der Waals surface area (Å²) in [4.78, 5) is 1.67. The van der Waals surface area contributed by atoms with Crippen molar-refractivity contribution >= 4 is 22.3 Å². The van der Waals surface area contributed by atoms with Crippen LogP contribution >= 0.6 is 0 Å². The molecule has 0 spiro atoms. The number of hydrogen-bond donors (Lipinski definition) is 3. The number of nitrogens with two attached hydrogens (primary N) is 2. The molecule has 3 rings (SSSR count). The van der Waals surface area contributed by atoms with E-state index in [0.29, 0.717) is 17.9 Å². The number of nitrogens with one attached hydrogen (secondary N) is 1. The highest BCUT2D eigenvalue weighted by atomic mass is 15.6. The Morgan fingerprint density at radius 1 is 1.00 bits per heavy atom. The Kier molecular flexibility index (Phi) is 2.72. The van der Waals surface area contributed by atoms with E-state index in [1.807, 2.05) is 18.2 Å². The molecular formula is C14H15N5. The fraction of sp³-hybridized carbons (Fsp3) is 0.0714. The number of nitrogen functional groups attached to an aromatic ring is 2. The lowest BCUT2D eigenvalue weighted by atomic mass is 10.2. The maximum Gasteiger partial charge on any atom is 0.117 e. The van der Waals surface area contributed by atoms with E-state index in [0.717, 1.165) is 10.9 Å². The molecule has 96 valence electrons. The highest BCUT2D eigenvalue weighted by molar-refractivity contribution is 5.97. The van der Waals surface area contributed by atoms with Gasteiger partial charge in [-0.15, -0.1) is 0 Å². The SMILES string of the molecule is Nc1ccc(N)c2c1cnn2NCc1ccccc1. The fourth-order valence-corrected chi connectivity index (χ4v) is 2.07. The van der Waals surface area contributed by atoms with Gasteiger partial charge in [-0.25, -0.2) is 0 Å². The summed E-state index contributed by atoms with van der Waals surface area (Å²) in [5, 5.41) is 5.14. The first kappa shape index (κ1) is 11.4. The van der Waals surface area contributed by atoms with Gasteiger partial charge in [-0.05, 0) is 17.7 Å². The molecule has 0 radical (unpaired) electrons. The summed E-state index contributed by atoms with van der Waals surface area (Å²) in [6, 6.07) is 13.7. The van der Waals surface area contributed by atoms with Crippen molar-refractivity contribution in [1.82, 2.24) is 9.89 Å². The number of rotatable bonds is 3. The maximum atomic E-state index is 5.98. The Balaban J connectivity index is 1.92. The molecule has 2 aromatic carbocycles. The second-order valence-corrected chi connectivity index (χ2v) is 4.38. The van der Waals surface area contributed by atoms with Gasteiger partial charge in [0.05, 0.1) is 18.4 Å². The van der Waals surface area contributed by atoms with Gasteiger partial charge in [0.1, 0.15) is 5.52 Å². The Labute approximate surface area is 110 Å². The van der Waals surface area contributed by atoms with Crippen LogP contribution in [0.15, 0.2) is 48.7 Å². The molecule has 0 bridgehead atoms. The summed E-state index contributed by atoms with van der Waals surface area (Å²) >= 11 is 0. The lowest BCUT2D eigenvalue weighted by molar-refractivity contribution is 0.756. The molecule has 0 atom stereocenters. The number of benzene rings is 2. The van der Waals surface area contributed by atoms with Gasteiger partial charge in [0.25, 0.3) is 0 Å². The molecular weight excluding hydrogens is 238 g/mol. The van der Waals surface area contributed by atoms with Crippen molar-refractivity contribution in [3.05, 3.63) is 54.2 Å². The predicted molar refractivity (Wildman–Crippen MR) is 78.1 cm³/mol. The number of nitrogens with zero attached hydrogens (tertiary/aromatic N) is 2. The standard InChI is InChI=1S/C14H15N5/c15-12-6-7-13(16)14-11(12)9-18-19(14)17-8-10-4-2-1-3-5-10/h1-7,9,17H,8,15-16H2. The molecule has 19 heavy (non-hydrogen) atoms. The maximum absolute atomic E-state index is 5.98. The molecule has 0 aliphatic rings. The highest BCUT2D eigenvalue weighted by Crippen LogP contribution is 2.25. The Morgan fingerprint density at radius 2 is 1.74 bits per heavy atom. The molecule has 5 nitrogen and oxygen atoms in total. The summed E-state index contributed by atoms with van der Waals surface area (Å²) in [5.74, 6) is 0. The molecule has 0 saturated heterocycles. The second-order valence-electron chi connectivity index (χ2n) is 4.38.